The van der Waals surface area contributed by atoms with Gasteiger partial charge in [0.05, 0.1) is 11.4 Å². The molecule has 9 heteroatoms. The second-order valence-corrected chi connectivity index (χ2v) is 5.30. The third-order valence-electron chi connectivity index (χ3n) is 3.88. The smallest absolute Gasteiger partial charge is 0.364 e. The number of carbonyl (C=O) groups excluding carboxylic acids is 1. The largest absolute Gasteiger partial charge is 0.365 e. The van der Waals surface area contributed by atoms with Gasteiger partial charge in [-0.25, -0.2) is 9.89 Å². The van der Waals surface area contributed by atoms with Gasteiger partial charge in [0.25, 0.3) is 5.91 Å². The topological polar surface area (TPSA) is 110 Å². The summed E-state index contributed by atoms with van der Waals surface area (Å²) >= 11 is 0. The van der Waals surface area contributed by atoms with Crippen LogP contribution >= 0.6 is 0 Å². The van der Waals surface area contributed by atoms with Gasteiger partial charge in [-0.2, -0.15) is 4.68 Å². The molecule has 2 aromatic heterocycles. The Bertz CT molecular complexity index is 874. The average molecular weight is 312 g/mol. The first kappa shape index (κ1) is 13.4. The SMILES string of the molecule is O=C(c1ccc(-n2nn[nH]c2=O)cc1)N1CC(c2ccon2)C1. The van der Waals surface area contributed by atoms with Crippen molar-refractivity contribution in [2.45, 2.75) is 5.92 Å². The molecule has 1 amide bonds. The van der Waals surface area contributed by atoms with Crippen molar-refractivity contribution in [3.8, 4) is 5.69 Å². The van der Waals surface area contributed by atoms with E-state index in [1.165, 1.54) is 6.26 Å². The van der Waals surface area contributed by atoms with Crippen molar-refractivity contribution in [3.63, 3.8) is 0 Å². The molecule has 1 aliphatic heterocycles. The highest BCUT2D eigenvalue weighted by Crippen LogP contribution is 2.27. The van der Waals surface area contributed by atoms with Crippen molar-refractivity contribution < 1.29 is 9.32 Å². The number of likely N-dealkylation sites (tertiary alicyclic amines) is 1. The molecule has 4 rings (SSSR count). The minimum absolute atomic E-state index is 0.0520. The molecule has 1 aromatic carbocycles. The molecule has 1 saturated heterocycles. The summed E-state index contributed by atoms with van der Waals surface area (Å²) in [5.41, 5.74) is 1.55. The molecule has 0 aliphatic carbocycles. The molecular formula is C14H12N6O3. The summed E-state index contributed by atoms with van der Waals surface area (Å²) in [6, 6.07) is 8.47. The molecule has 23 heavy (non-hydrogen) atoms. The summed E-state index contributed by atoms with van der Waals surface area (Å²) < 4.78 is 5.94. The van der Waals surface area contributed by atoms with E-state index in [4.69, 9.17) is 4.52 Å². The zero-order valence-electron chi connectivity index (χ0n) is 11.9. The van der Waals surface area contributed by atoms with Crippen LogP contribution in [-0.2, 0) is 0 Å². The quantitative estimate of drug-likeness (QED) is 0.739. The zero-order chi connectivity index (χ0) is 15.8. The number of H-pyrrole nitrogens is 1. The third kappa shape index (κ3) is 2.31. The predicted molar refractivity (Wildman–Crippen MR) is 77.1 cm³/mol. The molecule has 0 saturated carbocycles. The minimum Gasteiger partial charge on any atom is -0.364 e. The molecule has 0 spiro atoms. The average Bonchev–Trinajstić information content (AvgIpc) is 3.18. The Balaban J connectivity index is 1.46. The van der Waals surface area contributed by atoms with Crippen molar-refractivity contribution in [1.29, 1.82) is 0 Å². The van der Waals surface area contributed by atoms with Crippen LogP contribution in [0.1, 0.15) is 22.0 Å². The lowest BCUT2D eigenvalue weighted by molar-refractivity contribution is 0.0595. The zero-order valence-corrected chi connectivity index (χ0v) is 11.9. The van der Waals surface area contributed by atoms with E-state index in [0.29, 0.717) is 24.3 Å². The van der Waals surface area contributed by atoms with Crippen molar-refractivity contribution in [3.05, 3.63) is 58.3 Å². The van der Waals surface area contributed by atoms with E-state index in [9.17, 15) is 9.59 Å². The summed E-state index contributed by atoms with van der Waals surface area (Å²) in [6.07, 6.45) is 1.53. The number of rotatable bonds is 3. The molecule has 1 N–H and O–H groups in total. The van der Waals surface area contributed by atoms with Crippen molar-refractivity contribution in [2.24, 2.45) is 0 Å². The van der Waals surface area contributed by atoms with E-state index in [-0.39, 0.29) is 11.8 Å². The van der Waals surface area contributed by atoms with E-state index in [1.807, 2.05) is 6.07 Å². The second-order valence-electron chi connectivity index (χ2n) is 5.30. The van der Waals surface area contributed by atoms with Gasteiger partial charge >= 0.3 is 5.69 Å². The molecule has 0 bridgehead atoms. The Kier molecular flexibility index (Phi) is 3.04. The van der Waals surface area contributed by atoms with Gasteiger partial charge in [-0.1, -0.05) is 5.16 Å². The van der Waals surface area contributed by atoms with Crippen molar-refractivity contribution in [2.75, 3.05) is 13.1 Å². The third-order valence-corrected chi connectivity index (χ3v) is 3.88. The summed E-state index contributed by atoms with van der Waals surface area (Å²) in [5, 5.41) is 13.2. The van der Waals surface area contributed by atoms with Crippen LogP contribution < -0.4 is 5.69 Å². The Morgan fingerprint density at radius 2 is 2.00 bits per heavy atom. The highest BCUT2D eigenvalue weighted by molar-refractivity contribution is 5.95. The van der Waals surface area contributed by atoms with Gasteiger partial charge in [-0.3, -0.25) is 4.79 Å². The maximum absolute atomic E-state index is 12.4. The van der Waals surface area contributed by atoms with Crippen LogP contribution in [0.5, 0.6) is 0 Å². The first-order valence-electron chi connectivity index (χ1n) is 7.03. The van der Waals surface area contributed by atoms with E-state index in [1.54, 1.807) is 29.2 Å². The number of amides is 1. The van der Waals surface area contributed by atoms with Crippen molar-refractivity contribution >= 4 is 5.91 Å². The number of nitrogens with one attached hydrogen (secondary N) is 1. The number of aromatic amines is 1. The molecular weight excluding hydrogens is 300 g/mol. The Labute approximate surface area is 129 Å². The fourth-order valence-corrected chi connectivity index (χ4v) is 2.56. The molecule has 1 fully saturated rings. The highest BCUT2D eigenvalue weighted by Gasteiger charge is 2.33. The Morgan fingerprint density at radius 1 is 1.22 bits per heavy atom. The van der Waals surface area contributed by atoms with Gasteiger partial charge in [-0.15, -0.1) is 0 Å². The first-order valence-corrected chi connectivity index (χ1v) is 7.03. The number of tetrazole rings is 1. The molecule has 1 aliphatic rings. The number of benzene rings is 1. The predicted octanol–water partition coefficient (Wildman–Crippen LogP) is 0.183. The molecule has 0 radical (unpaired) electrons. The number of nitrogens with zero attached hydrogens (tertiary/aromatic N) is 5. The summed E-state index contributed by atoms with van der Waals surface area (Å²) in [5.74, 6) is 0.175. The molecule has 116 valence electrons. The maximum atomic E-state index is 12.4. The standard InChI is InChI=1S/C14H12N6O3/c21-13(19-7-10(8-19)12-5-6-23-16-12)9-1-3-11(4-2-9)20-14(22)15-17-18-20/h1-6,10H,7-8H2,(H,15,18,22). The van der Waals surface area contributed by atoms with E-state index in [0.717, 1.165) is 10.4 Å². The van der Waals surface area contributed by atoms with Gasteiger partial charge in [-0.05, 0) is 34.7 Å². The Hall–Kier alpha value is -3.23. The highest BCUT2D eigenvalue weighted by atomic mass is 16.5. The fourth-order valence-electron chi connectivity index (χ4n) is 2.56. The number of hydrogen-bond acceptors (Lipinski definition) is 6. The second kappa shape index (κ2) is 5.20. The van der Waals surface area contributed by atoms with Crippen LogP contribution in [0, 0.1) is 0 Å². The van der Waals surface area contributed by atoms with E-state index < -0.39 is 5.69 Å². The molecule has 3 heterocycles. The normalized spacial score (nSPS) is 14.7. The van der Waals surface area contributed by atoms with Gasteiger partial charge in [0.15, 0.2) is 0 Å². The maximum Gasteiger partial charge on any atom is 0.365 e. The van der Waals surface area contributed by atoms with Crippen LogP contribution in [0.2, 0.25) is 0 Å². The van der Waals surface area contributed by atoms with Gasteiger partial charge in [0.2, 0.25) is 0 Å². The summed E-state index contributed by atoms with van der Waals surface area (Å²) in [4.78, 5) is 25.6. The monoisotopic (exact) mass is 312 g/mol. The van der Waals surface area contributed by atoms with Gasteiger partial charge < -0.3 is 9.42 Å². The van der Waals surface area contributed by atoms with Gasteiger partial charge in [0.1, 0.15) is 6.26 Å². The van der Waals surface area contributed by atoms with Crippen LogP contribution in [0.15, 0.2) is 45.9 Å². The molecule has 0 atom stereocenters. The lowest BCUT2D eigenvalue weighted by atomic mass is 9.95. The lowest BCUT2D eigenvalue weighted by Crippen LogP contribution is -2.48. The van der Waals surface area contributed by atoms with E-state index >= 15 is 0 Å². The molecule has 0 unspecified atom stereocenters. The molecule has 9 nitrogen and oxygen atoms in total. The first-order chi connectivity index (χ1) is 11.2. The lowest BCUT2D eigenvalue weighted by Gasteiger charge is -2.38. The van der Waals surface area contributed by atoms with E-state index in [2.05, 4.69) is 20.7 Å². The summed E-state index contributed by atoms with van der Waals surface area (Å²) in [7, 11) is 0. The van der Waals surface area contributed by atoms with Crippen LogP contribution in [0.3, 0.4) is 0 Å². The van der Waals surface area contributed by atoms with Gasteiger partial charge in [0, 0.05) is 30.6 Å². The van der Waals surface area contributed by atoms with Crippen LogP contribution in [-0.4, -0.2) is 49.3 Å². The van der Waals surface area contributed by atoms with Crippen molar-refractivity contribution in [1.82, 2.24) is 30.3 Å². The number of hydrogen-bond donors (Lipinski definition) is 1. The molecule has 3 aromatic rings. The minimum atomic E-state index is -0.428. The number of aromatic nitrogens is 5. The number of carbonyl (C=O) groups is 1. The van der Waals surface area contributed by atoms with Crippen LogP contribution in [0.25, 0.3) is 5.69 Å². The van der Waals surface area contributed by atoms with Crippen LogP contribution in [0.4, 0.5) is 0 Å². The Morgan fingerprint density at radius 3 is 2.61 bits per heavy atom. The summed E-state index contributed by atoms with van der Waals surface area (Å²) in [6.45, 7) is 1.24. The fraction of sp³-hybridized carbons (Fsp3) is 0.214.